The Morgan fingerprint density at radius 3 is 2.24 bits per heavy atom. The van der Waals surface area contributed by atoms with Gasteiger partial charge in [-0.25, -0.2) is 12.8 Å². The van der Waals surface area contributed by atoms with Crippen molar-refractivity contribution in [2.45, 2.75) is 57.2 Å². The molecule has 0 aliphatic heterocycles. The van der Waals surface area contributed by atoms with Crippen LogP contribution >= 0.6 is 23.2 Å². The van der Waals surface area contributed by atoms with Gasteiger partial charge in [0.1, 0.15) is 18.4 Å². The minimum Gasteiger partial charge on any atom is -0.352 e. The largest absolute Gasteiger partial charge is 0.352 e. The van der Waals surface area contributed by atoms with E-state index in [-0.39, 0.29) is 35.6 Å². The number of benzene rings is 3. The molecule has 0 aromatic heterocycles. The van der Waals surface area contributed by atoms with Gasteiger partial charge in [0.05, 0.1) is 17.0 Å². The summed E-state index contributed by atoms with van der Waals surface area (Å²) in [6.45, 7) is -0.580. The molecule has 4 rings (SSSR count). The first-order valence-corrected chi connectivity index (χ1v) is 16.4. The first kappa shape index (κ1) is 31.8. The van der Waals surface area contributed by atoms with Crippen LogP contribution in [-0.4, -0.2) is 50.0 Å². The average molecular weight is 635 g/mol. The van der Waals surface area contributed by atoms with Crippen LogP contribution in [-0.2, 0) is 32.6 Å². The standard InChI is InChI=1S/C31H34Cl2FN3O4S/c1-42(40,41)37(26-16-17-28(34)27(33)19-26)21-30(38)36(20-23-12-14-24(32)15-13-23)29(18-22-8-4-2-5-9-22)31(39)35-25-10-6-3-7-11-25/h2,4-5,8-9,12-17,19,25,29H,3,6-7,10-11,18,20-21H2,1H3,(H,35,39)/t29-/m1/s1. The number of nitrogens with one attached hydrogen (secondary N) is 1. The van der Waals surface area contributed by atoms with Crippen LogP contribution in [0.15, 0.2) is 72.8 Å². The molecule has 42 heavy (non-hydrogen) atoms. The number of amides is 2. The maximum absolute atomic E-state index is 14.1. The Morgan fingerprint density at radius 2 is 1.62 bits per heavy atom. The van der Waals surface area contributed by atoms with Crippen LogP contribution in [0.2, 0.25) is 10.0 Å². The first-order valence-electron chi connectivity index (χ1n) is 13.8. The van der Waals surface area contributed by atoms with Gasteiger partial charge in [-0.2, -0.15) is 0 Å². The van der Waals surface area contributed by atoms with Crippen molar-refractivity contribution in [1.29, 1.82) is 0 Å². The van der Waals surface area contributed by atoms with Crippen molar-refractivity contribution < 1.29 is 22.4 Å². The molecule has 1 aliphatic rings. The number of anilines is 1. The summed E-state index contributed by atoms with van der Waals surface area (Å²) < 4.78 is 40.5. The number of hydrogen-bond donors (Lipinski definition) is 1. The molecule has 1 atom stereocenters. The van der Waals surface area contributed by atoms with Crippen molar-refractivity contribution in [1.82, 2.24) is 10.2 Å². The number of rotatable bonds is 11. The first-order chi connectivity index (χ1) is 20.0. The highest BCUT2D eigenvalue weighted by atomic mass is 35.5. The zero-order valence-electron chi connectivity index (χ0n) is 23.3. The van der Waals surface area contributed by atoms with Gasteiger partial charge < -0.3 is 10.2 Å². The predicted molar refractivity (Wildman–Crippen MR) is 165 cm³/mol. The van der Waals surface area contributed by atoms with Gasteiger partial charge in [0.2, 0.25) is 21.8 Å². The van der Waals surface area contributed by atoms with Crippen LogP contribution in [0, 0.1) is 5.82 Å². The Labute approximate surface area is 256 Å². The molecule has 0 bridgehead atoms. The summed E-state index contributed by atoms with van der Waals surface area (Å²) in [4.78, 5) is 29.5. The molecule has 0 radical (unpaired) electrons. The number of carbonyl (C=O) groups is 2. The topological polar surface area (TPSA) is 86.8 Å². The van der Waals surface area contributed by atoms with E-state index in [2.05, 4.69) is 5.32 Å². The maximum atomic E-state index is 14.1. The zero-order chi connectivity index (χ0) is 30.3. The summed E-state index contributed by atoms with van der Waals surface area (Å²) in [6, 6.07) is 18.8. The van der Waals surface area contributed by atoms with Crippen LogP contribution in [0.25, 0.3) is 0 Å². The van der Waals surface area contributed by atoms with Crippen molar-refractivity contribution in [3.05, 3.63) is 99.8 Å². The molecule has 3 aromatic carbocycles. The molecule has 0 saturated heterocycles. The molecular formula is C31H34Cl2FN3O4S. The van der Waals surface area contributed by atoms with Gasteiger partial charge in [-0.05, 0) is 54.3 Å². The highest BCUT2D eigenvalue weighted by molar-refractivity contribution is 7.92. The third-order valence-corrected chi connectivity index (χ3v) is 9.04. The lowest BCUT2D eigenvalue weighted by Gasteiger charge is -2.35. The van der Waals surface area contributed by atoms with Crippen molar-refractivity contribution in [2.24, 2.45) is 0 Å². The van der Waals surface area contributed by atoms with Gasteiger partial charge in [0.15, 0.2) is 0 Å². The van der Waals surface area contributed by atoms with E-state index in [1.54, 1.807) is 24.3 Å². The van der Waals surface area contributed by atoms with E-state index in [0.717, 1.165) is 60.4 Å². The number of hydrogen-bond acceptors (Lipinski definition) is 4. The normalized spacial score (nSPS) is 14.7. The fourth-order valence-corrected chi connectivity index (χ4v) is 6.28. The van der Waals surface area contributed by atoms with Gasteiger partial charge in [0, 0.05) is 24.0 Å². The van der Waals surface area contributed by atoms with Crippen LogP contribution in [0.1, 0.15) is 43.2 Å². The summed E-state index contributed by atoms with van der Waals surface area (Å²) in [5.74, 6) is -1.62. The van der Waals surface area contributed by atoms with Gasteiger partial charge in [-0.1, -0.05) is 84.9 Å². The highest BCUT2D eigenvalue weighted by Gasteiger charge is 2.34. The summed E-state index contributed by atoms with van der Waals surface area (Å²) >= 11 is 12.0. The number of halogens is 3. The van der Waals surface area contributed by atoms with E-state index in [1.807, 2.05) is 30.3 Å². The Morgan fingerprint density at radius 1 is 0.952 bits per heavy atom. The average Bonchev–Trinajstić information content (AvgIpc) is 2.96. The second-order valence-electron chi connectivity index (χ2n) is 10.6. The Hall–Kier alpha value is -3.14. The fourth-order valence-electron chi connectivity index (χ4n) is 5.14. The summed E-state index contributed by atoms with van der Waals surface area (Å²) in [6.07, 6.45) is 6.06. The van der Waals surface area contributed by atoms with Crippen molar-refractivity contribution >= 4 is 50.7 Å². The lowest BCUT2D eigenvalue weighted by atomic mass is 9.94. The van der Waals surface area contributed by atoms with E-state index in [0.29, 0.717) is 10.6 Å². The Kier molecular flexibility index (Phi) is 10.9. The summed E-state index contributed by atoms with van der Waals surface area (Å²) in [5, 5.41) is 3.39. The SMILES string of the molecule is CS(=O)(=O)N(CC(=O)N(Cc1ccc(Cl)cc1)[C@H](Cc1ccccc1)C(=O)NC1CCCCC1)c1ccc(F)c(Cl)c1. The van der Waals surface area contributed by atoms with Crippen molar-refractivity contribution in [2.75, 3.05) is 17.1 Å². The Bertz CT molecular complexity index is 1480. The van der Waals surface area contributed by atoms with E-state index >= 15 is 0 Å². The lowest BCUT2D eigenvalue weighted by Crippen LogP contribution is -2.55. The fraction of sp³-hybridized carbons (Fsp3) is 0.355. The molecule has 1 fully saturated rings. The molecule has 2 amide bonds. The highest BCUT2D eigenvalue weighted by Crippen LogP contribution is 2.26. The van der Waals surface area contributed by atoms with Gasteiger partial charge >= 0.3 is 0 Å². The molecule has 0 unspecified atom stereocenters. The number of carbonyl (C=O) groups excluding carboxylic acids is 2. The molecule has 7 nitrogen and oxygen atoms in total. The Balaban J connectivity index is 1.72. The van der Waals surface area contributed by atoms with E-state index in [9.17, 15) is 22.4 Å². The van der Waals surface area contributed by atoms with Crippen LogP contribution < -0.4 is 9.62 Å². The molecule has 0 heterocycles. The van der Waals surface area contributed by atoms with Gasteiger partial charge in [-0.3, -0.25) is 13.9 Å². The molecular weight excluding hydrogens is 600 g/mol. The zero-order valence-corrected chi connectivity index (χ0v) is 25.6. The third-order valence-electron chi connectivity index (χ3n) is 7.36. The van der Waals surface area contributed by atoms with Gasteiger partial charge in [0.25, 0.3) is 0 Å². The van der Waals surface area contributed by atoms with Crippen LogP contribution in [0.5, 0.6) is 0 Å². The monoisotopic (exact) mass is 633 g/mol. The molecule has 1 N–H and O–H groups in total. The van der Waals surface area contributed by atoms with E-state index < -0.39 is 34.3 Å². The molecule has 224 valence electrons. The predicted octanol–water partition coefficient (Wildman–Crippen LogP) is 5.99. The smallest absolute Gasteiger partial charge is 0.244 e. The van der Waals surface area contributed by atoms with Gasteiger partial charge in [-0.15, -0.1) is 0 Å². The molecule has 1 aliphatic carbocycles. The minimum atomic E-state index is -4.00. The number of nitrogens with zero attached hydrogens (tertiary/aromatic N) is 2. The van der Waals surface area contributed by atoms with Crippen molar-refractivity contribution in [3.63, 3.8) is 0 Å². The molecule has 11 heteroatoms. The van der Waals surface area contributed by atoms with Crippen LogP contribution in [0.4, 0.5) is 10.1 Å². The van der Waals surface area contributed by atoms with E-state index in [4.69, 9.17) is 23.2 Å². The van der Waals surface area contributed by atoms with E-state index in [1.165, 1.54) is 11.0 Å². The minimum absolute atomic E-state index is 0.00545. The molecule has 1 saturated carbocycles. The molecule has 3 aromatic rings. The second kappa shape index (κ2) is 14.4. The number of sulfonamides is 1. The summed E-state index contributed by atoms with van der Waals surface area (Å²) in [5.41, 5.74) is 1.60. The van der Waals surface area contributed by atoms with Crippen molar-refractivity contribution in [3.8, 4) is 0 Å². The summed E-state index contributed by atoms with van der Waals surface area (Å²) in [7, 11) is -4.00. The molecule has 0 spiro atoms. The second-order valence-corrected chi connectivity index (χ2v) is 13.3. The quantitative estimate of drug-likeness (QED) is 0.281. The third kappa shape index (κ3) is 8.69. The van der Waals surface area contributed by atoms with Crippen LogP contribution in [0.3, 0.4) is 0 Å². The maximum Gasteiger partial charge on any atom is 0.244 e. The lowest BCUT2D eigenvalue weighted by molar-refractivity contribution is -0.140.